The zero-order chi connectivity index (χ0) is 14.7. The molecule has 0 amide bonds. The lowest BCUT2D eigenvalue weighted by atomic mass is 10.1. The summed E-state index contributed by atoms with van der Waals surface area (Å²) in [6.07, 6.45) is 1.74. The smallest absolute Gasteiger partial charge is 0.257 e. The number of aromatic nitrogens is 3. The summed E-state index contributed by atoms with van der Waals surface area (Å²) in [7, 11) is 0. The molecule has 3 rings (SSSR count). The van der Waals surface area contributed by atoms with Crippen molar-refractivity contribution in [2.75, 3.05) is 5.73 Å². The molecular formula is C15H14N4OS. The largest absolute Gasteiger partial charge is 0.384 e. The van der Waals surface area contributed by atoms with Gasteiger partial charge in [0.25, 0.3) is 5.89 Å². The van der Waals surface area contributed by atoms with Crippen LogP contribution in [-0.4, -0.2) is 15.1 Å². The molecule has 5 nitrogen and oxygen atoms in total. The number of nitrogen functional groups attached to an aromatic ring is 1. The minimum atomic E-state index is 0.514. The number of benzene rings is 1. The molecule has 0 aliphatic carbocycles. The maximum atomic E-state index is 5.55. The first-order valence-corrected chi connectivity index (χ1v) is 7.43. The van der Waals surface area contributed by atoms with Crippen molar-refractivity contribution in [3.63, 3.8) is 0 Å². The molecule has 21 heavy (non-hydrogen) atoms. The molecule has 0 saturated carbocycles. The van der Waals surface area contributed by atoms with Crippen molar-refractivity contribution in [1.82, 2.24) is 15.1 Å². The molecule has 0 saturated heterocycles. The Morgan fingerprint density at radius 1 is 1.24 bits per heavy atom. The van der Waals surface area contributed by atoms with Gasteiger partial charge in [0.15, 0.2) is 5.82 Å². The van der Waals surface area contributed by atoms with E-state index in [4.69, 9.17) is 10.3 Å². The number of hydrogen-bond acceptors (Lipinski definition) is 6. The summed E-state index contributed by atoms with van der Waals surface area (Å²) in [6.45, 7) is 2.03. The first-order chi connectivity index (χ1) is 10.2. The van der Waals surface area contributed by atoms with E-state index in [1.165, 1.54) is 0 Å². The molecule has 2 N–H and O–H groups in total. The van der Waals surface area contributed by atoms with E-state index in [1.54, 1.807) is 24.0 Å². The molecule has 0 bridgehead atoms. The van der Waals surface area contributed by atoms with E-state index in [9.17, 15) is 0 Å². The number of thioether (sulfide) groups is 1. The van der Waals surface area contributed by atoms with Crippen LogP contribution in [-0.2, 0) is 5.75 Å². The third-order valence-corrected chi connectivity index (χ3v) is 3.84. The molecule has 6 heteroatoms. The van der Waals surface area contributed by atoms with Gasteiger partial charge in [0.05, 0.1) is 5.75 Å². The normalized spacial score (nSPS) is 10.7. The molecule has 0 aliphatic heterocycles. The van der Waals surface area contributed by atoms with Crippen LogP contribution in [0, 0.1) is 6.92 Å². The van der Waals surface area contributed by atoms with Crippen molar-refractivity contribution in [3.8, 4) is 11.5 Å². The van der Waals surface area contributed by atoms with Crippen LogP contribution in [0.1, 0.15) is 11.4 Å². The van der Waals surface area contributed by atoms with Gasteiger partial charge in [-0.3, -0.25) is 0 Å². The summed E-state index contributed by atoms with van der Waals surface area (Å²) < 4.78 is 5.30. The van der Waals surface area contributed by atoms with Gasteiger partial charge in [-0.2, -0.15) is 4.98 Å². The fourth-order valence-electron chi connectivity index (χ4n) is 1.83. The molecule has 2 aromatic heterocycles. The van der Waals surface area contributed by atoms with Gasteiger partial charge in [-0.25, -0.2) is 4.98 Å². The van der Waals surface area contributed by atoms with Gasteiger partial charge in [-0.05, 0) is 31.2 Å². The zero-order valence-electron chi connectivity index (χ0n) is 11.5. The van der Waals surface area contributed by atoms with Gasteiger partial charge in [0.2, 0.25) is 0 Å². The second kappa shape index (κ2) is 5.97. The highest BCUT2D eigenvalue weighted by molar-refractivity contribution is 7.98. The monoisotopic (exact) mass is 298 g/mol. The molecule has 0 aliphatic rings. The summed E-state index contributed by atoms with van der Waals surface area (Å²) in [5.74, 6) is 2.35. The lowest BCUT2D eigenvalue weighted by Gasteiger charge is -1.98. The molecule has 2 heterocycles. The quantitative estimate of drug-likeness (QED) is 0.744. The highest BCUT2D eigenvalue weighted by Gasteiger charge is 2.09. The molecule has 0 radical (unpaired) electrons. The van der Waals surface area contributed by atoms with Gasteiger partial charge >= 0.3 is 0 Å². The summed E-state index contributed by atoms with van der Waals surface area (Å²) in [6, 6.07) is 11.7. The van der Waals surface area contributed by atoms with Crippen molar-refractivity contribution in [2.45, 2.75) is 17.6 Å². The molecule has 1 aromatic carbocycles. The summed E-state index contributed by atoms with van der Waals surface area (Å²) in [4.78, 5) is 9.48. The number of pyridine rings is 1. The number of rotatable bonds is 4. The number of hydrogen-bond donors (Lipinski definition) is 1. The van der Waals surface area contributed by atoms with Crippen LogP contribution < -0.4 is 5.73 Å². The maximum absolute atomic E-state index is 5.55. The number of aryl methyl sites for hydroxylation is 1. The Labute approximate surface area is 126 Å². The molecule has 3 aromatic rings. The summed E-state index contributed by atoms with van der Waals surface area (Å²) in [5.41, 5.74) is 7.65. The van der Waals surface area contributed by atoms with E-state index in [0.29, 0.717) is 23.3 Å². The lowest BCUT2D eigenvalue weighted by molar-refractivity contribution is 0.425. The Morgan fingerprint density at radius 2 is 2.14 bits per heavy atom. The number of nitrogens with zero attached hydrogens (tertiary/aromatic N) is 3. The van der Waals surface area contributed by atoms with Crippen LogP contribution in [0.4, 0.5) is 5.82 Å². The molecule has 0 unspecified atom stereocenters. The van der Waals surface area contributed by atoms with E-state index in [1.807, 2.05) is 37.3 Å². The van der Waals surface area contributed by atoms with Crippen LogP contribution in [0.5, 0.6) is 0 Å². The van der Waals surface area contributed by atoms with Gasteiger partial charge in [0.1, 0.15) is 5.82 Å². The van der Waals surface area contributed by atoms with Crippen LogP contribution in [0.2, 0.25) is 0 Å². The average Bonchev–Trinajstić information content (AvgIpc) is 2.96. The number of nitrogens with two attached hydrogens (primary N) is 1. The lowest BCUT2D eigenvalue weighted by Crippen LogP contribution is -1.89. The zero-order valence-corrected chi connectivity index (χ0v) is 12.3. The second-order valence-electron chi connectivity index (χ2n) is 4.59. The van der Waals surface area contributed by atoms with Crippen molar-refractivity contribution in [2.24, 2.45) is 0 Å². The van der Waals surface area contributed by atoms with Crippen LogP contribution in [0.15, 0.2) is 52.0 Å². The molecule has 106 valence electrons. The van der Waals surface area contributed by atoms with Crippen molar-refractivity contribution >= 4 is 17.6 Å². The Bertz CT molecular complexity index is 739. The second-order valence-corrected chi connectivity index (χ2v) is 5.64. The van der Waals surface area contributed by atoms with Gasteiger partial charge in [-0.1, -0.05) is 22.9 Å². The Balaban J connectivity index is 1.69. The standard InChI is InChI=1S/C15H14N4OS/c1-10-3-2-4-11(7-10)15-18-14(19-20-15)9-21-12-5-6-13(16)17-8-12/h2-8H,9H2,1H3,(H2,16,17). The molecular weight excluding hydrogens is 284 g/mol. The first kappa shape index (κ1) is 13.6. The Hall–Kier alpha value is -2.34. The highest BCUT2D eigenvalue weighted by Crippen LogP contribution is 2.23. The van der Waals surface area contributed by atoms with E-state index in [0.717, 1.165) is 16.0 Å². The number of anilines is 1. The minimum Gasteiger partial charge on any atom is -0.384 e. The Kier molecular flexibility index (Phi) is 3.87. The van der Waals surface area contributed by atoms with Crippen molar-refractivity contribution in [1.29, 1.82) is 0 Å². The van der Waals surface area contributed by atoms with Gasteiger partial charge in [0, 0.05) is 16.7 Å². The fourth-order valence-corrected chi connectivity index (χ4v) is 2.54. The topological polar surface area (TPSA) is 77.8 Å². The molecule has 0 atom stereocenters. The first-order valence-electron chi connectivity index (χ1n) is 6.45. The minimum absolute atomic E-state index is 0.514. The van der Waals surface area contributed by atoms with Crippen LogP contribution in [0.3, 0.4) is 0 Å². The third kappa shape index (κ3) is 3.41. The fraction of sp³-hybridized carbons (Fsp3) is 0.133. The predicted octanol–water partition coefficient (Wildman–Crippen LogP) is 3.31. The van der Waals surface area contributed by atoms with E-state index < -0.39 is 0 Å². The molecule has 0 spiro atoms. The summed E-state index contributed by atoms with van der Waals surface area (Å²) >= 11 is 1.59. The van der Waals surface area contributed by atoms with E-state index >= 15 is 0 Å². The van der Waals surface area contributed by atoms with Gasteiger partial charge in [-0.15, -0.1) is 11.8 Å². The van der Waals surface area contributed by atoms with E-state index in [-0.39, 0.29) is 0 Å². The van der Waals surface area contributed by atoms with Crippen LogP contribution in [0.25, 0.3) is 11.5 Å². The third-order valence-electron chi connectivity index (χ3n) is 2.86. The van der Waals surface area contributed by atoms with Gasteiger partial charge < -0.3 is 10.3 Å². The van der Waals surface area contributed by atoms with Crippen molar-refractivity contribution in [3.05, 3.63) is 54.0 Å². The average molecular weight is 298 g/mol. The maximum Gasteiger partial charge on any atom is 0.257 e. The van der Waals surface area contributed by atoms with E-state index in [2.05, 4.69) is 15.1 Å². The summed E-state index contributed by atoms with van der Waals surface area (Å²) in [5, 5.41) is 4.00. The van der Waals surface area contributed by atoms with Crippen LogP contribution >= 0.6 is 11.8 Å². The Morgan fingerprint density at radius 3 is 2.90 bits per heavy atom. The van der Waals surface area contributed by atoms with Crippen molar-refractivity contribution < 1.29 is 4.52 Å². The SMILES string of the molecule is Cc1cccc(-c2nc(CSc3ccc(N)nc3)no2)c1. The highest BCUT2D eigenvalue weighted by atomic mass is 32.2. The predicted molar refractivity (Wildman–Crippen MR) is 82.7 cm³/mol. The molecule has 0 fully saturated rings.